The maximum absolute atomic E-state index is 11.6. The van der Waals surface area contributed by atoms with Crippen LogP contribution in [-0.2, 0) is 13.1 Å². The Balaban J connectivity index is 2.06. The van der Waals surface area contributed by atoms with Crippen LogP contribution in [0.4, 0.5) is 5.69 Å². The summed E-state index contributed by atoms with van der Waals surface area (Å²) in [5.74, 6) is 0.953. The molecule has 0 bridgehead atoms. The number of imidazole rings is 1. The van der Waals surface area contributed by atoms with Gasteiger partial charge in [0.2, 0.25) is 0 Å². The van der Waals surface area contributed by atoms with Crippen LogP contribution in [-0.4, -0.2) is 22.5 Å². The summed E-state index contributed by atoms with van der Waals surface area (Å²) in [5.41, 5.74) is 2.74. The lowest BCUT2D eigenvalue weighted by molar-refractivity contribution is 0.0963. The normalized spacial score (nSPS) is 10.4. The number of amides is 1. The van der Waals surface area contributed by atoms with Gasteiger partial charge < -0.3 is 15.2 Å². The molecule has 21 heavy (non-hydrogen) atoms. The number of hydrogen-bond acceptors (Lipinski definition) is 3. The van der Waals surface area contributed by atoms with Gasteiger partial charge in [0.25, 0.3) is 5.91 Å². The lowest BCUT2D eigenvalue weighted by Crippen LogP contribution is -2.18. The molecule has 0 radical (unpaired) electrons. The first-order valence-corrected chi connectivity index (χ1v) is 7.22. The molecule has 1 heterocycles. The van der Waals surface area contributed by atoms with E-state index in [0.717, 1.165) is 30.0 Å². The van der Waals surface area contributed by atoms with E-state index < -0.39 is 0 Å². The van der Waals surface area contributed by atoms with Gasteiger partial charge in [-0.25, -0.2) is 4.98 Å². The van der Waals surface area contributed by atoms with E-state index >= 15 is 0 Å². The monoisotopic (exact) mass is 286 g/mol. The van der Waals surface area contributed by atoms with Crippen LogP contribution < -0.4 is 10.6 Å². The molecule has 1 aromatic heterocycles. The number of rotatable bonds is 6. The molecule has 2 aromatic rings. The first kappa shape index (κ1) is 15.1. The van der Waals surface area contributed by atoms with Gasteiger partial charge in [0, 0.05) is 37.2 Å². The Labute approximate surface area is 125 Å². The predicted octanol–water partition coefficient (Wildman–Crippen LogP) is 2.57. The van der Waals surface area contributed by atoms with Crippen LogP contribution in [0.25, 0.3) is 0 Å². The fraction of sp³-hybridized carbons (Fsp3) is 0.375. The molecule has 0 aliphatic heterocycles. The Kier molecular flexibility index (Phi) is 4.98. The van der Waals surface area contributed by atoms with Crippen molar-refractivity contribution in [3.8, 4) is 0 Å². The quantitative estimate of drug-likeness (QED) is 0.858. The molecule has 0 aliphatic carbocycles. The van der Waals surface area contributed by atoms with Gasteiger partial charge in [-0.1, -0.05) is 6.92 Å². The van der Waals surface area contributed by atoms with E-state index in [-0.39, 0.29) is 5.91 Å². The van der Waals surface area contributed by atoms with Crippen molar-refractivity contribution in [1.29, 1.82) is 0 Å². The number of carbonyl (C=O) groups excluding carboxylic acids is 1. The van der Waals surface area contributed by atoms with Crippen molar-refractivity contribution in [1.82, 2.24) is 14.9 Å². The molecule has 5 nitrogen and oxygen atoms in total. The average Bonchev–Trinajstić information content (AvgIpc) is 2.93. The predicted molar refractivity (Wildman–Crippen MR) is 84.4 cm³/mol. The Bertz CT molecular complexity index is 618. The molecule has 112 valence electrons. The van der Waals surface area contributed by atoms with Gasteiger partial charge in [-0.2, -0.15) is 0 Å². The van der Waals surface area contributed by atoms with E-state index in [1.54, 1.807) is 7.05 Å². The van der Waals surface area contributed by atoms with Gasteiger partial charge >= 0.3 is 0 Å². The number of anilines is 1. The number of hydrogen-bond donors (Lipinski definition) is 2. The third-order valence-corrected chi connectivity index (χ3v) is 3.42. The Morgan fingerprint density at radius 1 is 1.38 bits per heavy atom. The summed E-state index contributed by atoms with van der Waals surface area (Å²) in [6.45, 7) is 5.80. The van der Waals surface area contributed by atoms with Crippen LogP contribution >= 0.6 is 0 Å². The fourth-order valence-corrected chi connectivity index (χ4v) is 2.27. The summed E-state index contributed by atoms with van der Waals surface area (Å²) < 4.78 is 2.15. The van der Waals surface area contributed by atoms with Crippen molar-refractivity contribution in [2.75, 3.05) is 12.4 Å². The van der Waals surface area contributed by atoms with Crippen LogP contribution in [0.3, 0.4) is 0 Å². The Morgan fingerprint density at radius 3 is 2.86 bits per heavy atom. The molecule has 5 heteroatoms. The molecule has 2 rings (SSSR count). The standard InChI is InChI=1S/C16H22N4O/c1-4-8-20-9-7-18-15(20)11-19-14-6-5-13(10-12(14)2)16(21)17-3/h5-7,9-10,19H,4,8,11H2,1-3H3,(H,17,21). The van der Waals surface area contributed by atoms with E-state index in [1.807, 2.05) is 37.5 Å². The molecule has 0 saturated carbocycles. The molecule has 1 amide bonds. The fourth-order valence-electron chi connectivity index (χ4n) is 2.27. The zero-order valence-electron chi connectivity index (χ0n) is 12.8. The maximum Gasteiger partial charge on any atom is 0.251 e. The highest BCUT2D eigenvalue weighted by Gasteiger charge is 2.07. The highest BCUT2D eigenvalue weighted by molar-refractivity contribution is 5.94. The van der Waals surface area contributed by atoms with Gasteiger partial charge in [-0.3, -0.25) is 4.79 Å². The van der Waals surface area contributed by atoms with E-state index in [4.69, 9.17) is 0 Å². The summed E-state index contributed by atoms with van der Waals surface area (Å²) >= 11 is 0. The summed E-state index contributed by atoms with van der Waals surface area (Å²) in [6.07, 6.45) is 4.92. The average molecular weight is 286 g/mol. The zero-order valence-corrected chi connectivity index (χ0v) is 12.8. The van der Waals surface area contributed by atoms with E-state index in [9.17, 15) is 4.79 Å². The minimum Gasteiger partial charge on any atom is -0.378 e. The van der Waals surface area contributed by atoms with Crippen LogP contribution in [0.2, 0.25) is 0 Å². The number of aryl methyl sites for hydroxylation is 2. The highest BCUT2D eigenvalue weighted by atomic mass is 16.1. The second kappa shape index (κ2) is 6.92. The molecule has 0 aliphatic rings. The van der Waals surface area contributed by atoms with Crippen molar-refractivity contribution in [2.45, 2.75) is 33.4 Å². The van der Waals surface area contributed by atoms with Gasteiger partial charge in [-0.05, 0) is 37.1 Å². The maximum atomic E-state index is 11.6. The topological polar surface area (TPSA) is 59.0 Å². The largest absolute Gasteiger partial charge is 0.378 e. The van der Waals surface area contributed by atoms with Crippen molar-refractivity contribution >= 4 is 11.6 Å². The Hall–Kier alpha value is -2.30. The van der Waals surface area contributed by atoms with Gasteiger partial charge in [-0.15, -0.1) is 0 Å². The zero-order chi connectivity index (χ0) is 15.2. The number of nitrogens with zero attached hydrogens (tertiary/aromatic N) is 2. The molecule has 0 saturated heterocycles. The number of nitrogens with one attached hydrogen (secondary N) is 2. The number of carbonyl (C=O) groups is 1. The van der Waals surface area contributed by atoms with Gasteiger partial charge in [0.05, 0.1) is 6.54 Å². The lowest BCUT2D eigenvalue weighted by atomic mass is 10.1. The van der Waals surface area contributed by atoms with Gasteiger partial charge in [0.15, 0.2) is 0 Å². The van der Waals surface area contributed by atoms with Crippen LogP contribution in [0.5, 0.6) is 0 Å². The van der Waals surface area contributed by atoms with Crippen LogP contribution in [0, 0.1) is 6.92 Å². The highest BCUT2D eigenvalue weighted by Crippen LogP contribution is 2.17. The molecular weight excluding hydrogens is 264 g/mol. The second-order valence-electron chi connectivity index (χ2n) is 5.00. The third-order valence-electron chi connectivity index (χ3n) is 3.42. The van der Waals surface area contributed by atoms with Crippen molar-refractivity contribution < 1.29 is 4.79 Å². The molecule has 1 aromatic carbocycles. The van der Waals surface area contributed by atoms with E-state index in [1.165, 1.54) is 0 Å². The second-order valence-corrected chi connectivity index (χ2v) is 5.00. The first-order valence-electron chi connectivity index (χ1n) is 7.22. The number of aromatic nitrogens is 2. The van der Waals surface area contributed by atoms with E-state index in [2.05, 4.69) is 27.1 Å². The number of benzene rings is 1. The molecule has 2 N–H and O–H groups in total. The van der Waals surface area contributed by atoms with Crippen molar-refractivity contribution in [3.05, 3.63) is 47.5 Å². The summed E-state index contributed by atoms with van der Waals surface area (Å²) in [7, 11) is 1.64. The summed E-state index contributed by atoms with van der Waals surface area (Å²) in [6, 6.07) is 5.65. The smallest absolute Gasteiger partial charge is 0.251 e. The van der Waals surface area contributed by atoms with Crippen molar-refractivity contribution in [3.63, 3.8) is 0 Å². The summed E-state index contributed by atoms with van der Waals surface area (Å²) in [4.78, 5) is 16.0. The molecule has 0 unspecified atom stereocenters. The lowest BCUT2D eigenvalue weighted by Gasteiger charge is -2.12. The first-order chi connectivity index (χ1) is 10.2. The molecular formula is C16H22N4O. The summed E-state index contributed by atoms with van der Waals surface area (Å²) in [5, 5.41) is 6.01. The molecule has 0 spiro atoms. The SMILES string of the molecule is CCCn1ccnc1CNc1ccc(C(=O)NC)cc1C. The van der Waals surface area contributed by atoms with Crippen molar-refractivity contribution in [2.24, 2.45) is 0 Å². The van der Waals surface area contributed by atoms with E-state index in [0.29, 0.717) is 12.1 Å². The molecule has 0 fully saturated rings. The third kappa shape index (κ3) is 3.62. The van der Waals surface area contributed by atoms with Gasteiger partial charge in [0.1, 0.15) is 5.82 Å². The minimum absolute atomic E-state index is 0.0665. The minimum atomic E-state index is -0.0665. The van der Waals surface area contributed by atoms with Crippen LogP contribution in [0.1, 0.15) is 35.1 Å². The molecule has 0 atom stereocenters. The Morgan fingerprint density at radius 2 is 2.19 bits per heavy atom. The van der Waals surface area contributed by atoms with Crippen LogP contribution in [0.15, 0.2) is 30.6 Å².